The Balaban J connectivity index is 0.00000264. The van der Waals surface area contributed by atoms with E-state index in [0.717, 1.165) is 19.4 Å². The highest BCUT2D eigenvalue weighted by molar-refractivity contribution is 6.33. The highest BCUT2D eigenvalue weighted by Gasteiger charge is 2.15. The summed E-state index contributed by atoms with van der Waals surface area (Å²) < 4.78 is 5.24. The largest absolute Gasteiger partial charge is 0.496 e. The second-order valence-corrected chi connectivity index (χ2v) is 6.26. The first kappa shape index (κ1) is 20.1. The van der Waals surface area contributed by atoms with Gasteiger partial charge in [0.25, 0.3) is 0 Å². The quantitative estimate of drug-likeness (QED) is 0.449. The lowest BCUT2D eigenvalue weighted by Gasteiger charge is -2.26. The van der Waals surface area contributed by atoms with Gasteiger partial charge in [0.05, 0.1) is 23.4 Å². The lowest BCUT2D eigenvalue weighted by atomic mass is 10.0. The number of nitrogens with zero attached hydrogens (tertiary/aromatic N) is 1. The summed E-state index contributed by atoms with van der Waals surface area (Å²) in [6.45, 7) is 3.50. The summed E-state index contributed by atoms with van der Waals surface area (Å²) in [6.07, 6.45) is 6.43. The Hall–Kier alpha value is -0.970. The van der Waals surface area contributed by atoms with Crippen molar-refractivity contribution < 1.29 is 9.53 Å². The Morgan fingerprint density at radius 1 is 1.26 bits per heavy atom. The van der Waals surface area contributed by atoms with E-state index in [4.69, 9.17) is 22.1 Å². The highest BCUT2D eigenvalue weighted by atomic mass is 35.5. The Kier molecular flexibility index (Phi) is 8.74. The van der Waals surface area contributed by atoms with Crippen LogP contribution in [0.2, 0.25) is 5.02 Å². The van der Waals surface area contributed by atoms with Crippen LogP contribution in [0.25, 0.3) is 0 Å². The summed E-state index contributed by atoms with van der Waals surface area (Å²) in [5, 5.41) is 0.400. The number of unbranched alkanes of at least 4 members (excludes halogenated alkanes) is 1. The molecule has 130 valence electrons. The van der Waals surface area contributed by atoms with Crippen molar-refractivity contribution in [3.05, 3.63) is 22.7 Å². The second-order valence-electron chi connectivity index (χ2n) is 5.86. The third-order valence-corrected chi connectivity index (χ3v) is 4.52. The third-order valence-electron chi connectivity index (χ3n) is 4.20. The van der Waals surface area contributed by atoms with Crippen LogP contribution < -0.4 is 10.5 Å². The maximum atomic E-state index is 12.3. The van der Waals surface area contributed by atoms with Gasteiger partial charge >= 0.3 is 0 Å². The number of Topliss-reactive ketones (excluding diaryl/α,β-unsaturated/α-hetero) is 1. The van der Waals surface area contributed by atoms with Crippen LogP contribution in [0.15, 0.2) is 12.1 Å². The van der Waals surface area contributed by atoms with Gasteiger partial charge in [-0.05, 0) is 51.4 Å². The molecule has 2 N–H and O–H groups in total. The number of rotatable bonds is 7. The molecule has 6 heteroatoms. The first-order chi connectivity index (χ1) is 10.6. The van der Waals surface area contributed by atoms with E-state index in [2.05, 4.69) is 4.90 Å². The Bertz CT molecular complexity index is 518. The first-order valence-corrected chi connectivity index (χ1v) is 8.38. The van der Waals surface area contributed by atoms with E-state index in [0.29, 0.717) is 28.4 Å². The smallest absolute Gasteiger partial charge is 0.166 e. The number of methoxy groups -OCH3 is 1. The topological polar surface area (TPSA) is 55.6 Å². The SMILES string of the molecule is COc1cc(N)c(Cl)cc1C(=O)CCCCN1CCCCC1.Cl. The Labute approximate surface area is 149 Å². The van der Waals surface area contributed by atoms with Crippen molar-refractivity contribution in [3.63, 3.8) is 0 Å². The Morgan fingerprint density at radius 2 is 1.96 bits per heavy atom. The molecule has 0 spiro atoms. The predicted molar refractivity (Wildman–Crippen MR) is 98.1 cm³/mol. The molecule has 23 heavy (non-hydrogen) atoms. The zero-order valence-corrected chi connectivity index (χ0v) is 15.2. The standard InChI is InChI=1S/C17H25ClN2O2.ClH/c1-22-17-12-15(19)14(18)11-13(17)16(21)7-3-6-10-20-8-4-2-5-9-20;/h11-12H,2-10,19H2,1H3;1H. The van der Waals surface area contributed by atoms with Gasteiger partial charge in [0.15, 0.2) is 5.78 Å². The summed E-state index contributed by atoms with van der Waals surface area (Å²) in [6, 6.07) is 3.23. The number of anilines is 1. The summed E-state index contributed by atoms with van der Waals surface area (Å²) in [5.41, 5.74) is 6.70. The zero-order chi connectivity index (χ0) is 15.9. The van der Waals surface area contributed by atoms with E-state index in [9.17, 15) is 4.79 Å². The van der Waals surface area contributed by atoms with Crippen molar-refractivity contribution in [3.8, 4) is 5.75 Å². The van der Waals surface area contributed by atoms with Crippen LogP contribution in [0.1, 0.15) is 48.9 Å². The fourth-order valence-corrected chi connectivity index (χ4v) is 3.06. The van der Waals surface area contributed by atoms with Gasteiger partial charge < -0.3 is 15.4 Å². The molecule has 1 aromatic carbocycles. The second kappa shape index (κ2) is 10.0. The van der Waals surface area contributed by atoms with Crippen molar-refractivity contribution in [1.82, 2.24) is 4.90 Å². The summed E-state index contributed by atoms with van der Waals surface area (Å²) in [4.78, 5) is 14.8. The van der Waals surface area contributed by atoms with E-state index in [-0.39, 0.29) is 18.2 Å². The molecule has 1 saturated heterocycles. The van der Waals surface area contributed by atoms with Crippen LogP contribution in [0.4, 0.5) is 5.69 Å². The van der Waals surface area contributed by atoms with Gasteiger partial charge in [-0.2, -0.15) is 0 Å². The number of carbonyl (C=O) groups excluding carboxylic acids is 1. The number of halogens is 2. The molecule has 0 amide bonds. The van der Waals surface area contributed by atoms with Crippen LogP contribution >= 0.6 is 24.0 Å². The van der Waals surface area contributed by atoms with Crippen molar-refractivity contribution >= 4 is 35.5 Å². The minimum absolute atomic E-state index is 0. The summed E-state index contributed by atoms with van der Waals surface area (Å²) >= 11 is 6.01. The zero-order valence-electron chi connectivity index (χ0n) is 13.6. The molecule has 1 aliphatic rings. The predicted octanol–water partition coefficient (Wildman–Crippen LogP) is 4.19. The lowest BCUT2D eigenvalue weighted by Crippen LogP contribution is -2.30. The van der Waals surface area contributed by atoms with Crippen LogP contribution in [0.5, 0.6) is 5.75 Å². The molecule has 4 nitrogen and oxygen atoms in total. The maximum absolute atomic E-state index is 12.3. The summed E-state index contributed by atoms with van der Waals surface area (Å²) in [5.74, 6) is 0.570. The van der Waals surface area contributed by atoms with Gasteiger partial charge in [0, 0.05) is 12.5 Å². The van der Waals surface area contributed by atoms with Gasteiger partial charge in [-0.1, -0.05) is 18.0 Å². The number of benzene rings is 1. The van der Waals surface area contributed by atoms with Crippen LogP contribution in [0.3, 0.4) is 0 Å². The molecule has 0 saturated carbocycles. The number of carbonyl (C=O) groups is 1. The van der Waals surface area contributed by atoms with Crippen LogP contribution in [-0.2, 0) is 0 Å². The van der Waals surface area contributed by atoms with Crippen molar-refractivity contribution in [2.24, 2.45) is 0 Å². The molecule has 0 bridgehead atoms. The fourth-order valence-electron chi connectivity index (χ4n) is 2.89. The van der Waals surface area contributed by atoms with E-state index in [1.807, 2.05) is 0 Å². The number of ether oxygens (including phenoxy) is 1. The van der Waals surface area contributed by atoms with Crippen LogP contribution in [-0.4, -0.2) is 37.4 Å². The van der Waals surface area contributed by atoms with Gasteiger partial charge in [0.2, 0.25) is 0 Å². The van der Waals surface area contributed by atoms with Gasteiger partial charge in [-0.25, -0.2) is 0 Å². The number of nitrogens with two attached hydrogens (primary N) is 1. The number of hydrogen-bond donors (Lipinski definition) is 1. The van der Waals surface area contributed by atoms with E-state index >= 15 is 0 Å². The lowest BCUT2D eigenvalue weighted by molar-refractivity contribution is 0.0974. The van der Waals surface area contributed by atoms with E-state index < -0.39 is 0 Å². The third kappa shape index (κ3) is 5.87. The van der Waals surface area contributed by atoms with Crippen molar-refractivity contribution in [2.45, 2.75) is 38.5 Å². The molecule has 2 rings (SSSR count). The monoisotopic (exact) mass is 360 g/mol. The first-order valence-electron chi connectivity index (χ1n) is 8.00. The van der Waals surface area contributed by atoms with Crippen molar-refractivity contribution in [2.75, 3.05) is 32.5 Å². The normalized spacial score (nSPS) is 15.0. The molecule has 0 atom stereocenters. The fraction of sp³-hybridized carbons (Fsp3) is 0.588. The molecule has 1 heterocycles. The highest BCUT2D eigenvalue weighted by Crippen LogP contribution is 2.30. The number of piperidine rings is 1. The molecule has 1 fully saturated rings. The maximum Gasteiger partial charge on any atom is 0.166 e. The average molecular weight is 361 g/mol. The van der Waals surface area contributed by atoms with Crippen molar-refractivity contribution in [1.29, 1.82) is 0 Å². The molecule has 0 unspecified atom stereocenters. The molecule has 0 aliphatic carbocycles. The average Bonchev–Trinajstić information content (AvgIpc) is 2.54. The molecular weight excluding hydrogens is 335 g/mol. The van der Waals surface area contributed by atoms with Gasteiger partial charge in [-0.3, -0.25) is 4.79 Å². The molecule has 1 aliphatic heterocycles. The van der Waals surface area contributed by atoms with Crippen LogP contribution in [0, 0.1) is 0 Å². The molecule has 0 radical (unpaired) electrons. The van der Waals surface area contributed by atoms with Gasteiger partial charge in [-0.15, -0.1) is 12.4 Å². The number of hydrogen-bond acceptors (Lipinski definition) is 4. The number of likely N-dealkylation sites (tertiary alicyclic amines) is 1. The Morgan fingerprint density at radius 3 is 2.61 bits per heavy atom. The van der Waals surface area contributed by atoms with Gasteiger partial charge in [0.1, 0.15) is 5.75 Å². The number of ketones is 1. The number of nitrogen functional groups attached to an aromatic ring is 1. The minimum Gasteiger partial charge on any atom is -0.496 e. The summed E-state index contributed by atoms with van der Waals surface area (Å²) in [7, 11) is 1.54. The van der Waals surface area contributed by atoms with E-state index in [1.165, 1.54) is 39.5 Å². The minimum atomic E-state index is 0. The van der Waals surface area contributed by atoms with E-state index in [1.54, 1.807) is 12.1 Å². The molecule has 0 aromatic heterocycles. The molecule has 1 aromatic rings. The molecular formula is C17H26Cl2N2O2.